The van der Waals surface area contributed by atoms with Crippen LogP contribution in [-0.4, -0.2) is 22.1 Å². The lowest BCUT2D eigenvalue weighted by atomic mass is 10.2. The smallest absolute Gasteiger partial charge is 0.241 e. The van der Waals surface area contributed by atoms with Gasteiger partial charge in [-0.2, -0.15) is 5.10 Å². The average Bonchev–Trinajstić information content (AvgIpc) is 2.66. The zero-order valence-electron chi connectivity index (χ0n) is 8.32. The lowest BCUT2D eigenvalue weighted by Gasteiger charge is -2.07. The van der Waals surface area contributed by atoms with Crippen LogP contribution in [0.1, 0.15) is 6.92 Å². The molecule has 2 rings (SSSR count). The lowest BCUT2D eigenvalue weighted by molar-refractivity contribution is -0.117. The Labute approximate surface area is 86.7 Å². The fourth-order valence-corrected chi connectivity index (χ4v) is 1.32. The number of aromatic nitrogens is 2. The topological polar surface area (TPSA) is 83.8 Å². The maximum atomic E-state index is 11.4. The van der Waals surface area contributed by atoms with Gasteiger partial charge >= 0.3 is 0 Å². The Balaban J connectivity index is 2.35. The third-order valence-corrected chi connectivity index (χ3v) is 2.15. The molecular weight excluding hydrogens is 192 g/mol. The van der Waals surface area contributed by atoms with Gasteiger partial charge in [0.2, 0.25) is 5.91 Å². The van der Waals surface area contributed by atoms with E-state index >= 15 is 0 Å². The Bertz CT molecular complexity index is 489. The molecule has 0 bridgehead atoms. The number of nitrogens with two attached hydrogens (primary N) is 1. The van der Waals surface area contributed by atoms with E-state index < -0.39 is 6.04 Å². The maximum absolute atomic E-state index is 11.4. The largest absolute Gasteiger partial charge is 0.323 e. The molecule has 1 atom stereocenters. The van der Waals surface area contributed by atoms with E-state index in [4.69, 9.17) is 5.73 Å². The molecule has 2 aromatic rings. The summed E-state index contributed by atoms with van der Waals surface area (Å²) in [7, 11) is 0. The number of fused-ring (bicyclic) bond motifs is 1. The highest BCUT2D eigenvalue weighted by Gasteiger charge is 2.09. The Morgan fingerprint density at radius 1 is 1.60 bits per heavy atom. The number of H-pyrrole nitrogens is 1. The predicted octanol–water partition coefficient (Wildman–Crippen LogP) is 0.849. The van der Waals surface area contributed by atoms with Crippen LogP contribution in [0.2, 0.25) is 0 Å². The summed E-state index contributed by atoms with van der Waals surface area (Å²) >= 11 is 0. The number of aromatic amines is 1. The molecule has 0 saturated carbocycles. The van der Waals surface area contributed by atoms with Crippen LogP contribution < -0.4 is 11.1 Å². The number of para-hydroxylation sites is 1. The summed E-state index contributed by atoms with van der Waals surface area (Å²) in [5.74, 6) is -0.211. The average molecular weight is 204 g/mol. The van der Waals surface area contributed by atoms with Crippen LogP contribution >= 0.6 is 0 Å². The highest BCUT2D eigenvalue weighted by Crippen LogP contribution is 2.20. The zero-order valence-corrected chi connectivity index (χ0v) is 8.32. The second-order valence-corrected chi connectivity index (χ2v) is 3.42. The van der Waals surface area contributed by atoms with Gasteiger partial charge in [0.05, 0.1) is 23.4 Å². The molecule has 5 nitrogen and oxygen atoms in total. The minimum atomic E-state index is -0.525. The first kappa shape index (κ1) is 9.67. The lowest BCUT2D eigenvalue weighted by Crippen LogP contribution is -2.32. The van der Waals surface area contributed by atoms with Gasteiger partial charge in [-0.3, -0.25) is 9.89 Å². The third-order valence-electron chi connectivity index (χ3n) is 2.15. The Morgan fingerprint density at radius 3 is 3.13 bits per heavy atom. The minimum Gasteiger partial charge on any atom is -0.323 e. The van der Waals surface area contributed by atoms with Crippen molar-refractivity contribution in [2.75, 3.05) is 5.32 Å². The van der Waals surface area contributed by atoms with Gasteiger partial charge in [0, 0.05) is 5.39 Å². The first-order chi connectivity index (χ1) is 7.18. The molecule has 0 aliphatic carbocycles. The van der Waals surface area contributed by atoms with E-state index in [0.717, 1.165) is 10.9 Å². The molecule has 15 heavy (non-hydrogen) atoms. The second kappa shape index (κ2) is 3.70. The van der Waals surface area contributed by atoms with Crippen molar-refractivity contribution in [3.05, 3.63) is 24.4 Å². The first-order valence-electron chi connectivity index (χ1n) is 4.67. The molecule has 0 radical (unpaired) electrons. The third kappa shape index (κ3) is 1.82. The molecular formula is C10H12N4O. The number of benzene rings is 1. The second-order valence-electron chi connectivity index (χ2n) is 3.42. The van der Waals surface area contributed by atoms with Gasteiger partial charge in [0.15, 0.2) is 0 Å². The number of carbonyl (C=O) groups excluding carboxylic acids is 1. The van der Waals surface area contributed by atoms with Gasteiger partial charge in [0.1, 0.15) is 0 Å². The van der Waals surface area contributed by atoms with Crippen molar-refractivity contribution >= 4 is 22.5 Å². The van der Waals surface area contributed by atoms with Crippen molar-refractivity contribution in [2.45, 2.75) is 13.0 Å². The van der Waals surface area contributed by atoms with Gasteiger partial charge in [-0.25, -0.2) is 0 Å². The minimum absolute atomic E-state index is 0.211. The van der Waals surface area contributed by atoms with E-state index in [-0.39, 0.29) is 5.91 Å². The quantitative estimate of drug-likeness (QED) is 0.678. The number of anilines is 1. The molecule has 0 unspecified atom stereocenters. The number of rotatable bonds is 2. The molecule has 4 N–H and O–H groups in total. The maximum Gasteiger partial charge on any atom is 0.241 e. The van der Waals surface area contributed by atoms with E-state index in [1.807, 2.05) is 12.1 Å². The fraction of sp³-hybridized carbons (Fsp3) is 0.200. The van der Waals surface area contributed by atoms with E-state index in [1.165, 1.54) is 0 Å². The van der Waals surface area contributed by atoms with Crippen molar-refractivity contribution < 1.29 is 4.79 Å². The SMILES string of the molecule is C[C@H](N)C(=O)Nc1cccc2cn[nH]c12. The van der Waals surface area contributed by atoms with E-state index in [1.54, 1.807) is 19.2 Å². The first-order valence-corrected chi connectivity index (χ1v) is 4.67. The molecule has 0 fully saturated rings. The van der Waals surface area contributed by atoms with Gasteiger partial charge < -0.3 is 11.1 Å². The summed E-state index contributed by atoms with van der Waals surface area (Å²) in [4.78, 5) is 11.4. The van der Waals surface area contributed by atoms with E-state index in [0.29, 0.717) is 5.69 Å². The molecule has 78 valence electrons. The van der Waals surface area contributed by atoms with Crippen LogP contribution in [0, 0.1) is 0 Å². The van der Waals surface area contributed by atoms with Crippen LogP contribution in [-0.2, 0) is 4.79 Å². The highest BCUT2D eigenvalue weighted by atomic mass is 16.2. The van der Waals surface area contributed by atoms with Crippen molar-refractivity contribution in [2.24, 2.45) is 5.73 Å². The number of hydrogen-bond donors (Lipinski definition) is 3. The monoisotopic (exact) mass is 204 g/mol. The Morgan fingerprint density at radius 2 is 2.40 bits per heavy atom. The normalized spacial score (nSPS) is 12.7. The summed E-state index contributed by atoms with van der Waals surface area (Å²) in [5.41, 5.74) is 6.98. The Kier molecular flexibility index (Phi) is 2.39. The molecule has 1 aromatic carbocycles. The van der Waals surface area contributed by atoms with E-state index in [9.17, 15) is 4.79 Å². The molecule has 1 amide bonds. The molecule has 0 saturated heterocycles. The van der Waals surface area contributed by atoms with Gasteiger partial charge in [-0.05, 0) is 13.0 Å². The van der Waals surface area contributed by atoms with Crippen molar-refractivity contribution in [3.63, 3.8) is 0 Å². The Hall–Kier alpha value is -1.88. The molecule has 0 spiro atoms. The summed E-state index contributed by atoms with van der Waals surface area (Å²) in [6.07, 6.45) is 1.71. The summed E-state index contributed by atoms with van der Waals surface area (Å²) in [6, 6.07) is 5.05. The van der Waals surface area contributed by atoms with Gasteiger partial charge in [-0.1, -0.05) is 12.1 Å². The summed E-state index contributed by atoms with van der Waals surface area (Å²) < 4.78 is 0. The van der Waals surface area contributed by atoms with Crippen LogP contribution in [0.15, 0.2) is 24.4 Å². The molecule has 5 heteroatoms. The van der Waals surface area contributed by atoms with Crippen LogP contribution in [0.25, 0.3) is 10.9 Å². The molecule has 1 heterocycles. The standard InChI is InChI=1S/C10H12N4O/c1-6(11)10(15)13-8-4-2-3-7-5-12-14-9(7)8/h2-6H,11H2,1H3,(H,12,14)(H,13,15)/t6-/m0/s1. The highest BCUT2D eigenvalue weighted by molar-refractivity contribution is 6.01. The van der Waals surface area contributed by atoms with Crippen molar-refractivity contribution in [3.8, 4) is 0 Å². The van der Waals surface area contributed by atoms with Crippen molar-refractivity contribution in [1.82, 2.24) is 10.2 Å². The molecule has 0 aliphatic rings. The number of nitrogens with zero attached hydrogens (tertiary/aromatic N) is 1. The zero-order chi connectivity index (χ0) is 10.8. The molecule has 0 aliphatic heterocycles. The number of nitrogens with one attached hydrogen (secondary N) is 2. The van der Waals surface area contributed by atoms with Crippen LogP contribution in [0.4, 0.5) is 5.69 Å². The number of hydrogen-bond acceptors (Lipinski definition) is 3. The van der Waals surface area contributed by atoms with Crippen molar-refractivity contribution in [1.29, 1.82) is 0 Å². The number of carbonyl (C=O) groups is 1. The number of amides is 1. The molecule has 1 aromatic heterocycles. The summed E-state index contributed by atoms with van der Waals surface area (Å²) in [6.45, 7) is 1.64. The van der Waals surface area contributed by atoms with E-state index in [2.05, 4.69) is 15.5 Å². The predicted molar refractivity (Wildman–Crippen MR) is 58.4 cm³/mol. The van der Waals surface area contributed by atoms with Gasteiger partial charge in [-0.15, -0.1) is 0 Å². The fourth-order valence-electron chi connectivity index (χ4n) is 1.32. The van der Waals surface area contributed by atoms with Gasteiger partial charge in [0.25, 0.3) is 0 Å². The van der Waals surface area contributed by atoms with Crippen LogP contribution in [0.3, 0.4) is 0 Å². The summed E-state index contributed by atoms with van der Waals surface area (Å²) in [5, 5.41) is 10.4. The van der Waals surface area contributed by atoms with Crippen LogP contribution in [0.5, 0.6) is 0 Å².